The highest BCUT2D eigenvalue weighted by atomic mass is 16.7. The molecule has 0 heterocycles. The van der Waals surface area contributed by atoms with Crippen molar-refractivity contribution in [2.75, 3.05) is 26.4 Å². The Morgan fingerprint density at radius 2 is 0.816 bits per heavy atom. The van der Waals surface area contributed by atoms with Gasteiger partial charge in [-0.1, -0.05) is 109 Å². The van der Waals surface area contributed by atoms with Gasteiger partial charge in [0.15, 0.2) is 0 Å². The molecule has 6 aromatic rings. The second kappa shape index (κ2) is 15.8. The van der Waals surface area contributed by atoms with Gasteiger partial charge in [0.25, 0.3) is 0 Å². The molecule has 0 atom stereocenters. The van der Waals surface area contributed by atoms with E-state index in [1.165, 1.54) is 22.3 Å². The van der Waals surface area contributed by atoms with Gasteiger partial charge >= 0.3 is 6.16 Å². The smallest absolute Gasteiger partial charge is 0.491 e. The molecule has 246 valence electrons. The van der Waals surface area contributed by atoms with Gasteiger partial charge in [0.1, 0.15) is 36.2 Å². The van der Waals surface area contributed by atoms with Crippen LogP contribution in [0.2, 0.25) is 0 Å². The third kappa shape index (κ3) is 7.33. The number of hydrogen-bond donors (Lipinski definition) is 2. The molecule has 0 saturated carbocycles. The molecule has 2 N–H and O–H groups in total. The maximum atomic E-state index is 11.3. The molecule has 0 saturated heterocycles. The predicted octanol–water partition coefficient (Wildman–Crippen LogP) is 8.06. The van der Waals surface area contributed by atoms with Crippen LogP contribution in [0, 0.1) is 0 Å². The van der Waals surface area contributed by atoms with Crippen molar-refractivity contribution in [3.8, 4) is 34.1 Å². The predicted molar refractivity (Wildman–Crippen MR) is 188 cm³/mol. The summed E-state index contributed by atoms with van der Waals surface area (Å²) in [4.78, 5) is 11.3. The van der Waals surface area contributed by atoms with Crippen LogP contribution >= 0.6 is 0 Å². The minimum absolute atomic E-state index is 0.0167. The molecular weight excluding hydrogens is 616 g/mol. The average molecular weight is 653 g/mol. The third-order valence-corrected chi connectivity index (χ3v) is 8.14. The van der Waals surface area contributed by atoms with E-state index < -0.39 is 11.6 Å². The van der Waals surface area contributed by atoms with Crippen molar-refractivity contribution < 1.29 is 34.0 Å². The lowest BCUT2D eigenvalue weighted by atomic mass is 9.68. The van der Waals surface area contributed by atoms with Crippen LogP contribution in [0.5, 0.6) is 23.0 Å². The number of hydrogen-bond acceptors (Lipinski definition) is 7. The standard InChI is InChI=1S/C29H26O4.C13H10O3/c30-17-19-32-23-13-9-21(10-14-23)29(22-11-15-24(16-12-22)33-20-18-31)27-7-3-1-5-25(27)26-6-2-4-8-28(26)29;14-13(15-11-7-3-1-4-8-11)16-12-9-5-2-6-10-12/h1-16,30-31H,17-20H2;1-10H. The summed E-state index contributed by atoms with van der Waals surface area (Å²) in [6.07, 6.45) is -0.739. The van der Waals surface area contributed by atoms with E-state index in [1.807, 2.05) is 36.4 Å². The lowest BCUT2D eigenvalue weighted by Gasteiger charge is -2.34. The van der Waals surface area contributed by atoms with Gasteiger partial charge in [-0.15, -0.1) is 0 Å². The molecule has 6 aromatic carbocycles. The monoisotopic (exact) mass is 652 g/mol. The Kier molecular flexibility index (Phi) is 10.7. The zero-order valence-corrected chi connectivity index (χ0v) is 26.8. The summed E-state index contributed by atoms with van der Waals surface area (Å²) in [6, 6.07) is 51.0. The van der Waals surface area contributed by atoms with E-state index in [9.17, 15) is 4.79 Å². The molecule has 0 fully saturated rings. The number of fused-ring (bicyclic) bond motifs is 3. The number of rotatable bonds is 10. The molecule has 1 aliphatic rings. The van der Waals surface area contributed by atoms with Gasteiger partial charge < -0.3 is 29.2 Å². The van der Waals surface area contributed by atoms with E-state index in [1.54, 1.807) is 48.5 Å². The normalized spacial score (nSPS) is 12.0. The van der Waals surface area contributed by atoms with Crippen LogP contribution in [0.3, 0.4) is 0 Å². The number of aliphatic hydroxyl groups excluding tert-OH is 2. The van der Waals surface area contributed by atoms with E-state index >= 15 is 0 Å². The fraction of sp³-hybridized carbons (Fsp3) is 0.119. The zero-order chi connectivity index (χ0) is 33.9. The largest absolute Gasteiger partial charge is 0.519 e. The summed E-state index contributed by atoms with van der Waals surface area (Å²) < 4.78 is 21.1. The van der Waals surface area contributed by atoms with Crippen molar-refractivity contribution in [3.05, 3.63) is 180 Å². The Bertz CT molecular complexity index is 1800. The van der Waals surface area contributed by atoms with Gasteiger partial charge in [-0.25, -0.2) is 4.79 Å². The number of ether oxygens (including phenoxy) is 4. The first kappa shape index (κ1) is 33.0. The van der Waals surface area contributed by atoms with Crippen molar-refractivity contribution in [3.63, 3.8) is 0 Å². The van der Waals surface area contributed by atoms with Gasteiger partial charge in [0.05, 0.1) is 18.6 Å². The van der Waals surface area contributed by atoms with E-state index in [4.69, 9.17) is 29.2 Å². The maximum Gasteiger partial charge on any atom is 0.519 e. The van der Waals surface area contributed by atoms with Gasteiger partial charge in [0.2, 0.25) is 0 Å². The molecule has 0 aliphatic heterocycles. The number of carbonyl (C=O) groups is 1. The molecule has 0 spiro atoms. The molecule has 0 radical (unpaired) electrons. The zero-order valence-electron chi connectivity index (χ0n) is 26.8. The topological polar surface area (TPSA) is 94.5 Å². The Labute approximate surface area is 285 Å². The minimum Gasteiger partial charge on any atom is -0.491 e. The highest BCUT2D eigenvalue weighted by molar-refractivity contribution is 5.86. The van der Waals surface area contributed by atoms with Crippen LogP contribution in [-0.4, -0.2) is 42.8 Å². The van der Waals surface area contributed by atoms with Crippen LogP contribution < -0.4 is 18.9 Å². The first-order valence-electron chi connectivity index (χ1n) is 16.0. The number of benzene rings is 6. The van der Waals surface area contributed by atoms with Crippen molar-refractivity contribution >= 4 is 6.16 Å². The van der Waals surface area contributed by atoms with Gasteiger partial charge in [0, 0.05) is 0 Å². The van der Waals surface area contributed by atoms with Crippen LogP contribution in [0.4, 0.5) is 4.79 Å². The second-order valence-corrected chi connectivity index (χ2v) is 11.1. The molecule has 7 heteroatoms. The SMILES string of the molecule is O=C(Oc1ccccc1)Oc1ccccc1.OCCOc1ccc(C2(c3ccc(OCCO)cc3)c3ccccc3-c3ccccc32)cc1. The average Bonchev–Trinajstić information content (AvgIpc) is 3.46. The van der Waals surface area contributed by atoms with E-state index in [2.05, 4.69) is 72.8 Å². The van der Waals surface area contributed by atoms with Crippen LogP contribution in [0.15, 0.2) is 158 Å². The van der Waals surface area contributed by atoms with E-state index in [-0.39, 0.29) is 26.4 Å². The molecule has 7 nitrogen and oxygen atoms in total. The van der Waals surface area contributed by atoms with E-state index in [0.717, 1.165) is 22.6 Å². The third-order valence-electron chi connectivity index (χ3n) is 8.14. The van der Waals surface area contributed by atoms with Crippen LogP contribution in [-0.2, 0) is 5.41 Å². The van der Waals surface area contributed by atoms with Crippen molar-refractivity contribution in [1.29, 1.82) is 0 Å². The lowest BCUT2D eigenvalue weighted by Crippen LogP contribution is -2.28. The summed E-state index contributed by atoms with van der Waals surface area (Å²) in [6.45, 7) is 0.505. The van der Waals surface area contributed by atoms with Crippen molar-refractivity contribution in [2.45, 2.75) is 5.41 Å². The minimum atomic E-state index is -0.739. The molecule has 1 aliphatic carbocycles. The molecule has 7 rings (SSSR count). The highest BCUT2D eigenvalue weighted by Crippen LogP contribution is 2.56. The number of carbonyl (C=O) groups excluding carboxylic acids is 1. The summed E-state index contributed by atoms with van der Waals surface area (Å²) in [5, 5.41) is 18.2. The Morgan fingerprint density at radius 1 is 0.449 bits per heavy atom. The molecule has 49 heavy (non-hydrogen) atoms. The Morgan fingerprint density at radius 3 is 1.20 bits per heavy atom. The van der Waals surface area contributed by atoms with Gasteiger partial charge in [-0.2, -0.15) is 0 Å². The fourth-order valence-electron chi connectivity index (χ4n) is 6.14. The van der Waals surface area contributed by atoms with Crippen molar-refractivity contribution in [1.82, 2.24) is 0 Å². The Hall–Kier alpha value is -5.89. The van der Waals surface area contributed by atoms with Gasteiger partial charge in [-0.05, 0) is 81.9 Å². The number of aliphatic hydroxyl groups is 2. The van der Waals surface area contributed by atoms with Crippen LogP contribution in [0.25, 0.3) is 11.1 Å². The number of para-hydroxylation sites is 2. The summed E-state index contributed by atoms with van der Waals surface area (Å²) in [7, 11) is 0. The second-order valence-electron chi connectivity index (χ2n) is 11.1. The maximum absolute atomic E-state index is 11.3. The fourth-order valence-corrected chi connectivity index (χ4v) is 6.14. The first-order valence-corrected chi connectivity index (χ1v) is 16.0. The van der Waals surface area contributed by atoms with Crippen molar-refractivity contribution in [2.24, 2.45) is 0 Å². The quantitative estimate of drug-likeness (QED) is 0.114. The van der Waals surface area contributed by atoms with Crippen LogP contribution in [0.1, 0.15) is 22.3 Å². The summed E-state index contributed by atoms with van der Waals surface area (Å²) >= 11 is 0. The van der Waals surface area contributed by atoms with E-state index in [0.29, 0.717) is 11.5 Å². The molecular formula is C42H36O7. The Balaban J connectivity index is 0.000000218. The molecule has 0 bridgehead atoms. The van der Waals surface area contributed by atoms with Gasteiger partial charge in [-0.3, -0.25) is 0 Å². The lowest BCUT2D eigenvalue weighted by molar-refractivity contribution is 0.152. The first-order chi connectivity index (χ1) is 24.1. The molecule has 0 amide bonds. The molecule has 0 unspecified atom stereocenters. The molecule has 0 aromatic heterocycles. The summed E-state index contributed by atoms with van der Waals surface area (Å²) in [5.41, 5.74) is 6.72. The highest BCUT2D eigenvalue weighted by Gasteiger charge is 2.45. The summed E-state index contributed by atoms with van der Waals surface area (Å²) in [5.74, 6) is 2.39.